The van der Waals surface area contributed by atoms with Gasteiger partial charge in [0.2, 0.25) is 0 Å². The molecule has 0 saturated carbocycles. The smallest absolute Gasteiger partial charge is 0.418 e. The van der Waals surface area contributed by atoms with E-state index in [1.54, 1.807) is 0 Å². The first-order valence-corrected chi connectivity index (χ1v) is 5.54. The molecule has 0 aliphatic heterocycles. The largest absolute Gasteiger partial charge is 0.444 e. The SMILES string of the molecule is CC(C)(C)OC(=O)NC(C)(C(=O)CCl)C(F)(F)F. The van der Waals surface area contributed by atoms with Gasteiger partial charge in [-0.15, -0.1) is 11.6 Å². The van der Waals surface area contributed by atoms with E-state index in [1.807, 2.05) is 0 Å². The van der Waals surface area contributed by atoms with Crippen molar-refractivity contribution in [3.05, 3.63) is 0 Å². The molecule has 0 radical (unpaired) electrons. The van der Waals surface area contributed by atoms with E-state index >= 15 is 0 Å². The number of hydrogen-bond acceptors (Lipinski definition) is 3. The minimum Gasteiger partial charge on any atom is -0.444 e. The Morgan fingerprint density at radius 2 is 1.61 bits per heavy atom. The summed E-state index contributed by atoms with van der Waals surface area (Å²) in [6.07, 6.45) is -6.30. The van der Waals surface area contributed by atoms with E-state index in [1.165, 1.54) is 26.1 Å². The quantitative estimate of drug-likeness (QED) is 0.813. The van der Waals surface area contributed by atoms with Crippen molar-refractivity contribution in [3.63, 3.8) is 0 Å². The Hall–Kier alpha value is -0.980. The van der Waals surface area contributed by atoms with Crippen molar-refractivity contribution in [2.75, 3.05) is 5.88 Å². The fourth-order valence-electron chi connectivity index (χ4n) is 0.940. The maximum absolute atomic E-state index is 12.8. The summed E-state index contributed by atoms with van der Waals surface area (Å²) >= 11 is 5.12. The molecular formula is C10H15ClF3NO3. The van der Waals surface area contributed by atoms with Crippen molar-refractivity contribution >= 4 is 23.5 Å². The number of halogens is 4. The minimum atomic E-state index is -4.96. The lowest BCUT2D eigenvalue weighted by molar-refractivity contribution is -0.192. The van der Waals surface area contributed by atoms with Gasteiger partial charge in [0.1, 0.15) is 5.60 Å². The first kappa shape index (κ1) is 17.0. The summed E-state index contributed by atoms with van der Waals surface area (Å²) in [6, 6.07) is 0. The van der Waals surface area contributed by atoms with Crippen LogP contribution >= 0.6 is 11.6 Å². The van der Waals surface area contributed by atoms with Gasteiger partial charge in [-0.2, -0.15) is 13.2 Å². The second-order valence-corrected chi connectivity index (χ2v) is 5.07. The van der Waals surface area contributed by atoms with Crippen LogP contribution in [0.2, 0.25) is 0 Å². The molecule has 0 fully saturated rings. The van der Waals surface area contributed by atoms with Crippen LogP contribution in [-0.4, -0.2) is 35.1 Å². The second-order valence-electron chi connectivity index (χ2n) is 4.81. The van der Waals surface area contributed by atoms with Gasteiger partial charge >= 0.3 is 12.3 Å². The van der Waals surface area contributed by atoms with Crippen LogP contribution in [0.3, 0.4) is 0 Å². The van der Waals surface area contributed by atoms with E-state index < -0.39 is 35.1 Å². The van der Waals surface area contributed by atoms with Crippen LogP contribution < -0.4 is 5.32 Å². The number of amides is 1. The molecule has 1 N–H and O–H groups in total. The Kier molecular flexibility index (Phi) is 5.05. The summed E-state index contributed by atoms with van der Waals surface area (Å²) in [4.78, 5) is 22.6. The van der Waals surface area contributed by atoms with Gasteiger partial charge in [-0.25, -0.2) is 4.79 Å². The molecule has 0 aliphatic carbocycles. The number of hydrogen-bond donors (Lipinski definition) is 1. The van der Waals surface area contributed by atoms with Crippen molar-refractivity contribution in [1.29, 1.82) is 0 Å². The van der Waals surface area contributed by atoms with Gasteiger partial charge in [0.05, 0.1) is 5.88 Å². The van der Waals surface area contributed by atoms with Crippen LogP contribution in [0.15, 0.2) is 0 Å². The van der Waals surface area contributed by atoms with Crippen LogP contribution in [-0.2, 0) is 9.53 Å². The van der Waals surface area contributed by atoms with Crippen LogP contribution in [0.4, 0.5) is 18.0 Å². The summed E-state index contributed by atoms with van der Waals surface area (Å²) in [7, 11) is 0. The molecule has 0 bridgehead atoms. The zero-order valence-corrected chi connectivity index (χ0v) is 11.2. The second kappa shape index (κ2) is 5.34. The lowest BCUT2D eigenvalue weighted by Gasteiger charge is -2.31. The fourth-order valence-corrected chi connectivity index (χ4v) is 1.21. The third-order valence-corrected chi connectivity index (χ3v) is 2.24. The maximum Gasteiger partial charge on any atom is 0.418 e. The molecule has 0 saturated heterocycles. The van der Waals surface area contributed by atoms with Crippen molar-refractivity contribution in [2.45, 2.75) is 45.0 Å². The van der Waals surface area contributed by atoms with Crippen LogP contribution in [0.5, 0.6) is 0 Å². The molecule has 0 aliphatic rings. The van der Waals surface area contributed by atoms with Crippen molar-refractivity contribution in [2.24, 2.45) is 0 Å². The summed E-state index contributed by atoms with van der Waals surface area (Å²) in [5, 5.41) is 1.52. The highest BCUT2D eigenvalue weighted by molar-refractivity contribution is 6.29. The Labute approximate surface area is 108 Å². The molecule has 4 nitrogen and oxygen atoms in total. The van der Waals surface area contributed by atoms with Crippen LogP contribution in [0, 0.1) is 0 Å². The standard InChI is InChI=1S/C10H15ClF3NO3/c1-8(2,3)18-7(17)15-9(4,6(16)5-11)10(12,13)14/h5H2,1-4H3,(H,15,17). The van der Waals surface area contributed by atoms with Gasteiger partial charge in [-0.05, 0) is 27.7 Å². The number of Topliss-reactive ketones (excluding diaryl/α,β-unsaturated/α-hetero) is 1. The molecule has 0 aromatic rings. The number of carbonyl (C=O) groups is 2. The fraction of sp³-hybridized carbons (Fsp3) is 0.800. The molecule has 0 rings (SSSR count). The van der Waals surface area contributed by atoms with Crippen LogP contribution in [0.25, 0.3) is 0 Å². The molecule has 0 heterocycles. The Balaban J connectivity index is 5.06. The predicted molar refractivity (Wildman–Crippen MR) is 59.6 cm³/mol. The first-order valence-electron chi connectivity index (χ1n) is 5.00. The molecular weight excluding hydrogens is 275 g/mol. The lowest BCUT2D eigenvalue weighted by atomic mass is 9.97. The van der Waals surface area contributed by atoms with Gasteiger partial charge in [0.25, 0.3) is 0 Å². The first-order chi connectivity index (χ1) is 7.83. The van der Waals surface area contributed by atoms with Gasteiger partial charge < -0.3 is 10.1 Å². The third kappa shape index (κ3) is 4.36. The predicted octanol–water partition coefficient (Wildman–Crippen LogP) is 2.64. The maximum atomic E-state index is 12.8. The Bertz CT molecular complexity index is 338. The zero-order chi connectivity index (χ0) is 14.8. The molecule has 0 aromatic heterocycles. The zero-order valence-electron chi connectivity index (χ0n) is 10.4. The summed E-state index contributed by atoms with van der Waals surface area (Å²) in [5.74, 6) is -2.23. The van der Waals surface area contributed by atoms with Crippen molar-refractivity contribution in [1.82, 2.24) is 5.32 Å². The summed E-state index contributed by atoms with van der Waals surface area (Å²) in [6.45, 7) is 5.00. The van der Waals surface area contributed by atoms with E-state index in [4.69, 9.17) is 11.6 Å². The molecule has 1 unspecified atom stereocenters. The number of carbonyl (C=O) groups excluding carboxylic acids is 2. The highest BCUT2D eigenvalue weighted by atomic mass is 35.5. The number of alkyl carbamates (subject to hydrolysis) is 1. The van der Waals surface area contributed by atoms with Gasteiger partial charge in [-0.1, -0.05) is 0 Å². The number of ketones is 1. The molecule has 106 valence electrons. The van der Waals surface area contributed by atoms with Crippen molar-refractivity contribution < 1.29 is 27.5 Å². The van der Waals surface area contributed by atoms with E-state index in [0.29, 0.717) is 6.92 Å². The molecule has 1 amide bonds. The van der Waals surface area contributed by atoms with Gasteiger partial charge in [-0.3, -0.25) is 4.79 Å². The molecule has 0 spiro atoms. The number of alkyl halides is 4. The average Bonchev–Trinajstić information content (AvgIpc) is 2.11. The number of rotatable bonds is 3. The summed E-state index contributed by atoms with van der Waals surface area (Å²) in [5.41, 5.74) is -4.03. The Morgan fingerprint density at radius 1 is 1.17 bits per heavy atom. The average molecular weight is 290 g/mol. The molecule has 1 atom stereocenters. The van der Waals surface area contributed by atoms with Gasteiger partial charge in [0, 0.05) is 0 Å². The third-order valence-electron chi connectivity index (χ3n) is 2.00. The summed E-state index contributed by atoms with van der Waals surface area (Å²) < 4.78 is 43.0. The van der Waals surface area contributed by atoms with E-state index in [0.717, 1.165) is 0 Å². The highest BCUT2D eigenvalue weighted by Crippen LogP contribution is 2.31. The molecule has 8 heteroatoms. The minimum absolute atomic E-state index is 0.543. The van der Waals surface area contributed by atoms with Crippen LogP contribution in [0.1, 0.15) is 27.7 Å². The van der Waals surface area contributed by atoms with E-state index in [9.17, 15) is 22.8 Å². The monoisotopic (exact) mass is 289 g/mol. The highest BCUT2D eigenvalue weighted by Gasteiger charge is 2.57. The topological polar surface area (TPSA) is 55.4 Å². The number of nitrogens with one attached hydrogen (secondary N) is 1. The van der Waals surface area contributed by atoms with E-state index in [2.05, 4.69) is 4.74 Å². The lowest BCUT2D eigenvalue weighted by Crippen LogP contribution is -2.62. The van der Waals surface area contributed by atoms with Gasteiger partial charge in [0.15, 0.2) is 11.3 Å². The normalized spacial score (nSPS) is 15.8. The number of ether oxygens (including phenoxy) is 1. The molecule has 0 aromatic carbocycles. The van der Waals surface area contributed by atoms with E-state index in [-0.39, 0.29) is 0 Å². The Morgan fingerprint density at radius 3 is 1.89 bits per heavy atom. The van der Waals surface area contributed by atoms with Crippen molar-refractivity contribution in [3.8, 4) is 0 Å². The molecule has 18 heavy (non-hydrogen) atoms.